The lowest BCUT2D eigenvalue weighted by Gasteiger charge is -2.41. The van der Waals surface area contributed by atoms with Gasteiger partial charge in [0.15, 0.2) is 0 Å². The monoisotopic (exact) mass is 371 g/mol. The minimum Gasteiger partial charge on any atom is -0.381 e. The number of piperidine rings is 1. The maximum atomic E-state index is 13.3. The van der Waals surface area contributed by atoms with Crippen molar-refractivity contribution in [3.63, 3.8) is 0 Å². The van der Waals surface area contributed by atoms with Crippen LogP contribution in [0.1, 0.15) is 31.2 Å². The first-order valence-corrected chi connectivity index (χ1v) is 9.86. The zero-order valence-corrected chi connectivity index (χ0v) is 15.6. The molecular formula is C21H26FN3O2. The van der Waals surface area contributed by atoms with E-state index in [0.717, 1.165) is 44.6 Å². The molecule has 0 aliphatic carbocycles. The highest BCUT2D eigenvalue weighted by atomic mass is 19.1. The number of nitriles is 1. The zero-order chi connectivity index (χ0) is 18.9. The van der Waals surface area contributed by atoms with Crippen LogP contribution < -0.4 is 0 Å². The summed E-state index contributed by atoms with van der Waals surface area (Å²) in [6.07, 6.45) is 3.11. The summed E-state index contributed by atoms with van der Waals surface area (Å²) in [5, 5.41) is 9.76. The molecule has 2 bridgehead atoms. The molecule has 1 amide bonds. The molecule has 0 N–H and O–H groups in total. The van der Waals surface area contributed by atoms with Crippen LogP contribution in [0.15, 0.2) is 24.3 Å². The zero-order valence-electron chi connectivity index (χ0n) is 15.6. The van der Waals surface area contributed by atoms with E-state index in [1.807, 2.05) is 17.0 Å². The first-order chi connectivity index (χ1) is 13.1. The molecule has 0 radical (unpaired) electrons. The Morgan fingerprint density at radius 2 is 1.93 bits per heavy atom. The number of nitrogens with zero attached hydrogens (tertiary/aromatic N) is 3. The molecule has 0 spiro atoms. The van der Waals surface area contributed by atoms with E-state index < -0.39 is 5.41 Å². The van der Waals surface area contributed by atoms with Crippen molar-refractivity contribution in [3.05, 3.63) is 35.6 Å². The van der Waals surface area contributed by atoms with E-state index in [4.69, 9.17) is 4.74 Å². The minimum absolute atomic E-state index is 0.00614. The van der Waals surface area contributed by atoms with Crippen molar-refractivity contribution in [1.82, 2.24) is 9.80 Å². The van der Waals surface area contributed by atoms with Crippen LogP contribution in [0.3, 0.4) is 0 Å². The van der Waals surface area contributed by atoms with E-state index in [2.05, 4.69) is 11.0 Å². The molecular weight excluding hydrogens is 345 g/mol. The summed E-state index contributed by atoms with van der Waals surface area (Å²) in [4.78, 5) is 17.7. The van der Waals surface area contributed by atoms with E-state index in [9.17, 15) is 14.4 Å². The van der Waals surface area contributed by atoms with Gasteiger partial charge in [-0.2, -0.15) is 5.26 Å². The molecule has 1 aromatic rings. The summed E-state index contributed by atoms with van der Waals surface area (Å²) in [7, 11) is 0. The SMILES string of the molecule is N#CC1(C(=O)N2C[C@@H]3CC[C@H]2CN(Cc2ccc(F)cc2)C3)CCOCC1. The van der Waals surface area contributed by atoms with Crippen LogP contribution in [0.4, 0.5) is 4.39 Å². The molecule has 4 aliphatic heterocycles. The van der Waals surface area contributed by atoms with Gasteiger partial charge < -0.3 is 9.64 Å². The fraction of sp³-hybridized carbons (Fsp3) is 0.619. The lowest BCUT2D eigenvalue weighted by molar-refractivity contribution is -0.147. The van der Waals surface area contributed by atoms with Crippen LogP contribution in [0.5, 0.6) is 0 Å². The highest BCUT2D eigenvalue weighted by Crippen LogP contribution is 2.37. The standard InChI is InChI=1S/C21H26FN3O2/c22-18-4-1-16(2-5-18)11-24-12-17-3-6-19(14-24)25(13-17)20(26)21(15-23)7-9-27-10-8-21/h1-2,4-5,17,19H,3,6-14H2/t17-,19+/m1/s1. The Balaban J connectivity index is 1.48. The van der Waals surface area contributed by atoms with Crippen molar-refractivity contribution >= 4 is 5.91 Å². The van der Waals surface area contributed by atoms with Gasteiger partial charge in [-0.25, -0.2) is 4.39 Å². The van der Waals surface area contributed by atoms with Crippen LogP contribution in [0, 0.1) is 28.5 Å². The number of amides is 1. The van der Waals surface area contributed by atoms with Crippen LogP contribution in [0.25, 0.3) is 0 Å². The van der Waals surface area contributed by atoms with E-state index in [1.165, 1.54) is 12.1 Å². The lowest BCUT2D eigenvalue weighted by Crippen LogP contribution is -2.54. The molecule has 0 aromatic heterocycles. The first-order valence-electron chi connectivity index (χ1n) is 9.86. The van der Waals surface area contributed by atoms with Gasteiger partial charge in [0, 0.05) is 45.4 Å². The second-order valence-electron chi connectivity index (χ2n) is 8.18. The Morgan fingerprint density at radius 3 is 2.63 bits per heavy atom. The van der Waals surface area contributed by atoms with Gasteiger partial charge >= 0.3 is 0 Å². The second kappa shape index (κ2) is 7.57. The van der Waals surface area contributed by atoms with Crippen LogP contribution in [-0.4, -0.2) is 54.6 Å². The summed E-state index contributed by atoms with van der Waals surface area (Å²) < 4.78 is 18.5. The largest absolute Gasteiger partial charge is 0.381 e. The van der Waals surface area contributed by atoms with Gasteiger partial charge in [-0.05, 0) is 49.3 Å². The molecule has 0 saturated carbocycles. The maximum Gasteiger partial charge on any atom is 0.243 e. The van der Waals surface area contributed by atoms with Crippen LogP contribution in [0.2, 0.25) is 0 Å². The summed E-state index contributed by atoms with van der Waals surface area (Å²) >= 11 is 0. The molecule has 144 valence electrons. The van der Waals surface area contributed by atoms with Crippen molar-refractivity contribution in [1.29, 1.82) is 5.26 Å². The molecule has 6 heteroatoms. The predicted molar refractivity (Wildman–Crippen MR) is 98.0 cm³/mol. The van der Waals surface area contributed by atoms with Crippen LogP contribution in [-0.2, 0) is 16.1 Å². The Hall–Kier alpha value is -1.97. The van der Waals surface area contributed by atoms with Gasteiger partial charge in [-0.3, -0.25) is 9.69 Å². The Kier molecular flexibility index (Phi) is 5.16. The maximum absolute atomic E-state index is 13.3. The molecule has 1 aromatic carbocycles. The molecule has 5 nitrogen and oxygen atoms in total. The Morgan fingerprint density at radius 1 is 1.19 bits per heavy atom. The van der Waals surface area contributed by atoms with Crippen molar-refractivity contribution in [2.24, 2.45) is 11.3 Å². The lowest BCUT2D eigenvalue weighted by atomic mass is 9.79. The molecule has 4 saturated heterocycles. The average molecular weight is 371 g/mol. The molecule has 27 heavy (non-hydrogen) atoms. The number of ether oxygens (including phenoxy) is 1. The third-order valence-corrected chi connectivity index (χ3v) is 6.34. The summed E-state index contributed by atoms with van der Waals surface area (Å²) in [5.41, 5.74) is 0.179. The number of hydrogen-bond acceptors (Lipinski definition) is 4. The van der Waals surface area contributed by atoms with Gasteiger partial charge in [0.1, 0.15) is 11.2 Å². The van der Waals surface area contributed by atoms with Gasteiger partial charge in [-0.1, -0.05) is 12.1 Å². The van der Waals surface area contributed by atoms with Gasteiger partial charge in [0.25, 0.3) is 0 Å². The fourth-order valence-corrected chi connectivity index (χ4v) is 4.77. The minimum atomic E-state index is -0.912. The third-order valence-electron chi connectivity index (χ3n) is 6.34. The molecule has 0 unspecified atom stereocenters. The summed E-state index contributed by atoms with van der Waals surface area (Å²) in [6, 6.07) is 9.15. The van der Waals surface area contributed by atoms with Crippen LogP contribution >= 0.6 is 0 Å². The fourth-order valence-electron chi connectivity index (χ4n) is 4.77. The smallest absolute Gasteiger partial charge is 0.243 e. The Labute approximate surface area is 159 Å². The highest BCUT2D eigenvalue weighted by Gasteiger charge is 2.47. The topological polar surface area (TPSA) is 56.6 Å². The number of carbonyl (C=O) groups is 1. The number of hydrogen-bond donors (Lipinski definition) is 0. The van der Waals surface area contributed by atoms with Crippen molar-refractivity contribution in [2.75, 3.05) is 32.8 Å². The van der Waals surface area contributed by atoms with Crippen molar-refractivity contribution in [3.8, 4) is 6.07 Å². The Bertz CT molecular complexity index is 724. The highest BCUT2D eigenvalue weighted by molar-refractivity contribution is 5.86. The van der Waals surface area contributed by atoms with Gasteiger partial charge in [0.2, 0.25) is 5.91 Å². The van der Waals surface area contributed by atoms with Crippen molar-refractivity contribution in [2.45, 2.75) is 38.3 Å². The normalized spacial score (nSPS) is 27.8. The number of halogens is 1. The molecule has 5 rings (SSSR count). The van der Waals surface area contributed by atoms with E-state index in [0.29, 0.717) is 32.0 Å². The van der Waals surface area contributed by atoms with Gasteiger partial charge in [0.05, 0.1) is 6.07 Å². The molecule has 4 heterocycles. The second-order valence-corrected chi connectivity index (χ2v) is 8.18. The third kappa shape index (κ3) is 3.71. The number of benzene rings is 1. The molecule has 4 fully saturated rings. The first kappa shape index (κ1) is 18.4. The molecule has 2 atom stereocenters. The average Bonchev–Trinajstić information content (AvgIpc) is 3.00. The van der Waals surface area contributed by atoms with Crippen molar-refractivity contribution < 1.29 is 13.9 Å². The van der Waals surface area contributed by atoms with E-state index in [-0.39, 0.29) is 17.8 Å². The van der Waals surface area contributed by atoms with E-state index in [1.54, 1.807) is 0 Å². The summed E-state index contributed by atoms with van der Waals surface area (Å²) in [5.74, 6) is 0.222. The number of rotatable bonds is 3. The number of fused-ring (bicyclic) bond motifs is 4. The molecule has 4 aliphatic rings. The summed E-state index contributed by atoms with van der Waals surface area (Å²) in [6.45, 7) is 4.24. The van der Waals surface area contributed by atoms with Gasteiger partial charge in [-0.15, -0.1) is 0 Å². The predicted octanol–water partition coefficient (Wildman–Crippen LogP) is 2.57. The quantitative estimate of drug-likeness (QED) is 0.819. The van der Waals surface area contributed by atoms with E-state index >= 15 is 0 Å². The number of carbonyl (C=O) groups excluding carboxylic acids is 1.